The van der Waals surface area contributed by atoms with Gasteiger partial charge < -0.3 is 9.13 Å². The van der Waals surface area contributed by atoms with Crippen LogP contribution in [0.5, 0.6) is 0 Å². The second-order valence-electron chi connectivity index (χ2n) is 15.9. The number of alkyl halides is 3. The summed E-state index contributed by atoms with van der Waals surface area (Å²) in [7, 11) is 0. The molecule has 0 aliphatic heterocycles. The lowest BCUT2D eigenvalue weighted by molar-refractivity contribution is -0.137. The van der Waals surface area contributed by atoms with E-state index in [1.165, 1.54) is 11.6 Å². The van der Waals surface area contributed by atoms with Crippen LogP contribution in [-0.2, 0) is 17.0 Å². The first-order chi connectivity index (χ1) is 24.1. The van der Waals surface area contributed by atoms with Crippen molar-refractivity contribution >= 4 is 43.6 Å². The van der Waals surface area contributed by atoms with Crippen LogP contribution in [0.1, 0.15) is 63.8 Å². The molecule has 0 bridgehead atoms. The maximum absolute atomic E-state index is 15.0. The highest BCUT2D eigenvalue weighted by Gasteiger charge is 2.34. The van der Waals surface area contributed by atoms with E-state index in [1.54, 1.807) is 12.1 Å². The van der Waals surface area contributed by atoms with Gasteiger partial charge in [-0.1, -0.05) is 108 Å². The first-order valence-corrected chi connectivity index (χ1v) is 17.5. The number of hydrogen-bond acceptors (Lipinski definition) is 0. The normalized spacial score (nSPS) is 12.9. The number of halogens is 3. The summed E-state index contributed by atoms with van der Waals surface area (Å²) in [6, 6.07) is 39.9. The van der Waals surface area contributed by atoms with E-state index in [4.69, 9.17) is 0 Å². The van der Waals surface area contributed by atoms with Gasteiger partial charge in [0.05, 0.1) is 27.6 Å². The maximum atomic E-state index is 15.0. The molecule has 0 amide bonds. The Morgan fingerprint density at radius 3 is 1.33 bits per heavy atom. The molecule has 0 radical (unpaired) electrons. The van der Waals surface area contributed by atoms with Crippen molar-refractivity contribution in [2.75, 3.05) is 0 Å². The van der Waals surface area contributed by atoms with Gasteiger partial charge in [0.1, 0.15) is 0 Å². The predicted molar refractivity (Wildman–Crippen MR) is 208 cm³/mol. The van der Waals surface area contributed by atoms with Gasteiger partial charge in [0.15, 0.2) is 0 Å². The summed E-state index contributed by atoms with van der Waals surface area (Å²) in [6.07, 6.45) is -4.55. The molecular weight excluding hydrogens is 638 g/mol. The minimum absolute atomic E-state index is 0.0730. The van der Waals surface area contributed by atoms with Crippen LogP contribution in [-0.4, -0.2) is 9.13 Å². The quantitative estimate of drug-likeness (QED) is 0.176. The van der Waals surface area contributed by atoms with Crippen LogP contribution in [0.15, 0.2) is 121 Å². The topological polar surface area (TPSA) is 9.86 Å². The summed E-state index contributed by atoms with van der Waals surface area (Å²) >= 11 is 0. The van der Waals surface area contributed by atoms with E-state index in [9.17, 15) is 13.2 Å². The van der Waals surface area contributed by atoms with Crippen LogP contribution in [0.3, 0.4) is 0 Å². The van der Waals surface area contributed by atoms with Crippen molar-refractivity contribution in [1.82, 2.24) is 9.13 Å². The van der Waals surface area contributed by atoms with Gasteiger partial charge in [0, 0.05) is 32.9 Å². The smallest absolute Gasteiger partial charge is 0.309 e. The van der Waals surface area contributed by atoms with Gasteiger partial charge in [-0.2, -0.15) is 13.2 Å². The first-order valence-electron chi connectivity index (χ1n) is 17.5. The molecule has 8 aromatic rings. The zero-order chi connectivity index (χ0) is 36.0. The SMILES string of the molecule is Cc1ccc(-n2c3ccccc3c3ccc(C(C)(C)C)cc32)cc1-c1cc(-n2c3ccccc3c3ccc(C(C)(C)C)cc32)ccc1C(F)(F)F. The number of aryl methyl sites for hydroxylation is 1. The van der Waals surface area contributed by atoms with Crippen LogP contribution in [0.2, 0.25) is 0 Å². The second kappa shape index (κ2) is 11.4. The molecule has 2 aromatic heterocycles. The average Bonchev–Trinajstić information content (AvgIpc) is 3.59. The van der Waals surface area contributed by atoms with Crippen LogP contribution >= 0.6 is 0 Å². The molecule has 2 nitrogen and oxygen atoms in total. The Balaban J connectivity index is 1.40. The molecule has 0 saturated carbocycles. The van der Waals surface area contributed by atoms with Gasteiger partial charge in [0.25, 0.3) is 0 Å². The maximum Gasteiger partial charge on any atom is 0.417 e. The van der Waals surface area contributed by atoms with Crippen molar-refractivity contribution < 1.29 is 13.2 Å². The van der Waals surface area contributed by atoms with Crippen molar-refractivity contribution in [3.05, 3.63) is 144 Å². The zero-order valence-corrected chi connectivity index (χ0v) is 30.1. The molecule has 6 aromatic carbocycles. The van der Waals surface area contributed by atoms with E-state index in [0.717, 1.165) is 60.4 Å². The second-order valence-corrected chi connectivity index (χ2v) is 15.9. The lowest BCUT2D eigenvalue weighted by Crippen LogP contribution is -2.11. The van der Waals surface area contributed by atoms with Crippen molar-refractivity contribution in [1.29, 1.82) is 0 Å². The molecule has 0 N–H and O–H groups in total. The summed E-state index contributed by atoms with van der Waals surface area (Å²) in [5.74, 6) is 0. The summed E-state index contributed by atoms with van der Waals surface area (Å²) in [6.45, 7) is 15.0. The minimum Gasteiger partial charge on any atom is -0.309 e. The summed E-state index contributed by atoms with van der Waals surface area (Å²) in [5, 5.41) is 4.35. The molecule has 0 fully saturated rings. The van der Waals surface area contributed by atoms with Gasteiger partial charge in [0.2, 0.25) is 0 Å². The van der Waals surface area contributed by atoms with Crippen molar-refractivity contribution in [3.8, 4) is 22.5 Å². The lowest BCUT2D eigenvalue weighted by Gasteiger charge is -2.21. The molecule has 0 spiro atoms. The fourth-order valence-electron chi connectivity index (χ4n) is 7.61. The molecule has 8 rings (SSSR count). The van der Waals surface area contributed by atoms with Gasteiger partial charge in [-0.3, -0.25) is 0 Å². The van der Waals surface area contributed by atoms with Crippen molar-refractivity contribution in [3.63, 3.8) is 0 Å². The standard InChI is InChI=1S/C46H41F3N2/c1-28-16-19-31(50-40-14-10-8-12-33(40)35-21-17-29(24-42(35)50)44(2,3)4)26-37(28)38-27-32(20-23-39(38)46(47,48)49)51-41-15-11-9-13-34(41)36-22-18-30(25-43(36)51)45(5,6)7/h8-27H,1-7H3. The fraction of sp³-hybridized carbons (Fsp3) is 0.217. The third kappa shape index (κ3) is 5.42. The summed E-state index contributed by atoms with van der Waals surface area (Å²) in [5.41, 5.74) is 8.49. The molecule has 0 aliphatic rings. The first kappa shape index (κ1) is 32.9. The zero-order valence-electron chi connectivity index (χ0n) is 30.1. The molecule has 51 heavy (non-hydrogen) atoms. The number of rotatable bonds is 3. The molecule has 256 valence electrons. The van der Waals surface area contributed by atoms with Crippen LogP contribution in [0, 0.1) is 6.92 Å². The molecule has 0 aliphatic carbocycles. The van der Waals surface area contributed by atoms with Crippen LogP contribution < -0.4 is 0 Å². The average molecular weight is 679 g/mol. The fourth-order valence-corrected chi connectivity index (χ4v) is 7.61. The van der Waals surface area contributed by atoms with Crippen molar-refractivity contribution in [2.45, 2.75) is 65.5 Å². The lowest BCUT2D eigenvalue weighted by atomic mass is 9.86. The van der Waals surface area contributed by atoms with E-state index in [0.29, 0.717) is 11.3 Å². The number of hydrogen-bond donors (Lipinski definition) is 0. The van der Waals surface area contributed by atoms with E-state index in [1.807, 2.05) is 55.5 Å². The highest BCUT2D eigenvalue weighted by molar-refractivity contribution is 6.10. The molecule has 5 heteroatoms. The van der Waals surface area contributed by atoms with Gasteiger partial charge in [-0.25, -0.2) is 0 Å². The molecule has 0 unspecified atom stereocenters. The molecule has 2 heterocycles. The Kier molecular flexibility index (Phi) is 7.33. The minimum atomic E-state index is -4.55. The molecule has 0 atom stereocenters. The summed E-state index contributed by atoms with van der Waals surface area (Å²) < 4.78 is 49.2. The predicted octanol–water partition coefficient (Wildman–Crippen LogP) is 13.5. The third-order valence-electron chi connectivity index (χ3n) is 10.4. The monoisotopic (exact) mass is 678 g/mol. The van der Waals surface area contributed by atoms with Gasteiger partial charge in [-0.05, 0) is 100 Å². The number of benzene rings is 6. The van der Waals surface area contributed by atoms with E-state index in [2.05, 4.69) is 105 Å². The Labute approximate surface area is 296 Å². The van der Waals surface area contributed by atoms with Gasteiger partial charge in [-0.15, -0.1) is 0 Å². The third-order valence-corrected chi connectivity index (χ3v) is 10.4. The van der Waals surface area contributed by atoms with E-state index >= 15 is 0 Å². The van der Waals surface area contributed by atoms with Crippen LogP contribution in [0.25, 0.3) is 66.1 Å². The van der Waals surface area contributed by atoms with Crippen molar-refractivity contribution in [2.24, 2.45) is 0 Å². The number of para-hydroxylation sites is 2. The highest BCUT2D eigenvalue weighted by Crippen LogP contribution is 2.43. The molecular formula is C46H41F3N2. The van der Waals surface area contributed by atoms with Crippen LogP contribution in [0.4, 0.5) is 13.2 Å². The number of fused-ring (bicyclic) bond motifs is 6. The largest absolute Gasteiger partial charge is 0.417 e. The number of aromatic nitrogens is 2. The summed E-state index contributed by atoms with van der Waals surface area (Å²) in [4.78, 5) is 0. The Morgan fingerprint density at radius 1 is 0.431 bits per heavy atom. The van der Waals surface area contributed by atoms with E-state index < -0.39 is 11.7 Å². The Morgan fingerprint density at radius 2 is 0.863 bits per heavy atom. The highest BCUT2D eigenvalue weighted by atomic mass is 19.4. The van der Waals surface area contributed by atoms with Gasteiger partial charge >= 0.3 is 6.18 Å². The Hall–Kier alpha value is -5.29. The molecule has 0 saturated heterocycles. The van der Waals surface area contributed by atoms with E-state index in [-0.39, 0.29) is 16.4 Å². The Bertz CT molecular complexity index is 2650. The number of nitrogens with zero attached hydrogens (tertiary/aromatic N) is 2.